The molecule has 23 heavy (non-hydrogen) atoms. The normalized spacial score (nSPS) is 12.9. The summed E-state index contributed by atoms with van der Waals surface area (Å²) in [5.74, 6) is -0.359. The molecule has 7 heteroatoms. The van der Waals surface area contributed by atoms with Gasteiger partial charge < -0.3 is 5.32 Å². The quantitative estimate of drug-likeness (QED) is 0.887. The molecule has 0 unspecified atom stereocenters. The summed E-state index contributed by atoms with van der Waals surface area (Å²) >= 11 is 0. The van der Waals surface area contributed by atoms with Gasteiger partial charge in [0.2, 0.25) is 5.91 Å². The molecule has 2 aromatic rings. The van der Waals surface area contributed by atoms with Crippen LogP contribution in [0.2, 0.25) is 0 Å². The summed E-state index contributed by atoms with van der Waals surface area (Å²) in [6, 6.07) is 10.7. The Labute approximate surface area is 132 Å². The lowest BCUT2D eigenvalue weighted by molar-refractivity contribution is -0.141. The first kappa shape index (κ1) is 17.1. The van der Waals surface area contributed by atoms with Crippen LogP contribution in [-0.2, 0) is 23.9 Å². The zero-order chi connectivity index (χ0) is 16.9. The Morgan fingerprint density at radius 2 is 1.96 bits per heavy atom. The second-order valence-corrected chi connectivity index (χ2v) is 5.39. The fraction of sp³-hybridized carbons (Fsp3) is 0.375. The van der Waals surface area contributed by atoms with Crippen LogP contribution in [0, 0.1) is 0 Å². The maximum Gasteiger partial charge on any atom is 0.435 e. The van der Waals surface area contributed by atoms with Crippen molar-refractivity contribution in [2.24, 2.45) is 0 Å². The predicted octanol–water partition coefficient (Wildman–Crippen LogP) is 3.04. The molecule has 124 valence electrons. The average molecular weight is 325 g/mol. The van der Waals surface area contributed by atoms with Crippen molar-refractivity contribution >= 4 is 5.91 Å². The highest BCUT2D eigenvalue weighted by Gasteiger charge is 2.33. The number of benzene rings is 1. The number of halogens is 3. The largest absolute Gasteiger partial charge is 0.435 e. The van der Waals surface area contributed by atoms with E-state index in [0.29, 0.717) is 0 Å². The first-order valence-corrected chi connectivity index (χ1v) is 7.28. The van der Waals surface area contributed by atoms with Gasteiger partial charge in [-0.2, -0.15) is 18.3 Å². The minimum atomic E-state index is -4.50. The van der Waals surface area contributed by atoms with Crippen LogP contribution in [0.25, 0.3) is 0 Å². The molecule has 0 radical (unpaired) electrons. The van der Waals surface area contributed by atoms with Gasteiger partial charge in [0.15, 0.2) is 5.69 Å². The molecule has 0 aliphatic heterocycles. The number of rotatable bonds is 6. The van der Waals surface area contributed by atoms with E-state index in [0.717, 1.165) is 29.8 Å². The van der Waals surface area contributed by atoms with Crippen LogP contribution in [0.3, 0.4) is 0 Å². The maximum absolute atomic E-state index is 12.4. The van der Waals surface area contributed by atoms with Crippen molar-refractivity contribution in [1.82, 2.24) is 15.1 Å². The fourth-order valence-electron chi connectivity index (χ4n) is 2.17. The monoisotopic (exact) mass is 325 g/mol. The Hall–Kier alpha value is -2.31. The van der Waals surface area contributed by atoms with Crippen LogP contribution >= 0.6 is 0 Å². The molecule has 4 nitrogen and oxygen atoms in total. The number of nitrogens with one attached hydrogen (secondary N) is 1. The molecule has 1 atom stereocenters. The van der Waals surface area contributed by atoms with Gasteiger partial charge in [-0.05, 0) is 31.4 Å². The molecular formula is C16H18F3N3O. The van der Waals surface area contributed by atoms with E-state index in [1.807, 2.05) is 37.3 Å². The van der Waals surface area contributed by atoms with Crippen LogP contribution in [0.4, 0.5) is 13.2 Å². The van der Waals surface area contributed by atoms with Gasteiger partial charge in [-0.3, -0.25) is 9.48 Å². The molecule has 0 spiro atoms. The van der Waals surface area contributed by atoms with Crippen molar-refractivity contribution in [2.75, 3.05) is 0 Å². The van der Waals surface area contributed by atoms with Gasteiger partial charge in [0.05, 0.1) is 0 Å². The van der Waals surface area contributed by atoms with Crippen LogP contribution in [-0.4, -0.2) is 21.7 Å². The Morgan fingerprint density at radius 3 is 2.57 bits per heavy atom. The second kappa shape index (κ2) is 7.30. The van der Waals surface area contributed by atoms with E-state index in [9.17, 15) is 18.0 Å². The van der Waals surface area contributed by atoms with Gasteiger partial charge in [0.1, 0.15) is 6.54 Å². The van der Waals surface area contributed by atoms with E-state index in [2.05, 4.69) is 10.4 Å². The standard InChI is InChI=1S/C16H18F3N3O/c1-12(7-8-13-5-3-2-4-6-13)20-15(23)11-22-10-9-14(21-22)16(17,18)19/h2-6,9-10,12H,7-8,11H2,1H3,(H,20,23)/t12-/m0/s1. The van der Waals surface area contributed by atoms with Gasteiger partial charge in [-0.1, -0.05) is 30.3 Å². The minimum absolute atomic E-state index is 0.0691. The number of nitrogens with zero attached hydrogens (tertiary/aromatic N) is 2. The highest BCUT2D eigenvalue weighted by Crippen LogP contribution is 2.27. The fourth-order valence-corrected chi connectivity index (χ4v) is 2.17. The SMILES string of the molecule is C[C@@H](CCc1ccccc1)NC(=O)Cn1ccc(C(F)(F)F)n1. The molecule has 0 aliphatic carbocycles. The van der Waals surface area contributed by atoms with E-state index < -0.39 is 11.9 Å². The van der Waals surface area contributed by atoms with E-state index in [1.54, 1.807) is 0 Å². The lowest BCUT2D eigenvalue weighted by atomic mass is 10.1. The molecule has 1 amide bonds. The summed E-state index contributed by atoms with van der Waals surface area (Å²) in [7, 11) is 0. The van der Waals surface area contributed by atoms with Crippen LogP contribution in [0.15, 0.2) is 42.6 Å². The number of carbonyl (C=O) groups excluding carboxylic acids is 1. The molecule has 0 bridgehead atoms. The van der Waals surface area contributed by atoms with E-state index in [1.165, 1.54) is 5.56 Å². The van der Waals surface area contributed by atoms with E-state index in [-0.39, 0.29) is 18.5 Å². The molecule has 2 rings (SSSR count). The number of carbonyl (C=O) groups is 1. The van der Waals surface area contributed by atoms with E-state index in [4.69, 9.17) is 0 Å². The third kappa shape index (κ3) is 5.43. The van der Waals surface area contributed by atoms with Crippen LogP contribution < -0.4 is 5.32 Å². The number of alkyl halides is 3. The third-order valence-corrected chi connectivity index (χ3v) is 3.35. The average Bonchev–Trinajstić information content (AvgIpc) is 2.94. The molecule has 0 aliphatic rings. The maximum atomic E-state index is 12.4. The van der Waals surface area contributed by atoms with Crippen molar-refractivity contribution in [2.45, 2.75) is 38.5 Å². The van der Waals surface area contributed by atoms with Crippen molar-refractivity contribution in [3.05, 3.63) is 53.9 Å². The smallest absolute Gasteiger partial charge is 0.352 e. The summed E-state index contributed by atoms with van der Waals surface area (Å²) in [4.78, 5) is 11.8. The van der Waals surface area contributed by atoms with Crippen molar-refractivity contribution in [1.29, 1.82) is 0 Å². The number of hydrogen-bond donors (Lipinski definition) is 1. The molecule has 0 saturated heterocycles. The van der Waals surface area contributed by atoms with E-state index >= 15 is 0 Å². The van der Waals surface area contributed by atoms with Gasteiger partial charge >= 0.3 is 6.18 Å². The number of aromatic nitrogens is 2. The first-order chi connectivity index (χ1) is 10.8. The zero-order valence-electron chi connectivity index (χ0n) is 12.7. The van der Waals surface area contributed by atoms with Gasteiger partial charge in [-0.15, -0.1) is 0 Å². The molecule has 0 saturated carbocycles. The summed E-state index contributed by atoms with van der Waals surface area (Å²) in [5.41, 5.74) is 0.179. The third-order valence-electron chi connectivity index (χ3n) is 3.35. The molecule has 1 N–H and O–H groups in total. The highest BCUT2D eigenvalue weighted by molar-refractivity contribution is 5.75. The molecule has 1 aromatic carbocycles. The van der Waals surface area contributed by atoms with Crippen molar-refractivity contribution in [3.63, 3.8) is 0 Å². The first-order valence-electron chi connectivity index (χ1n) is 7.28. The Kier molecular flexibility index (Phi) is 5.41. The minimum Gasteiger partial charge on any atom is -0.352 e. The Bertz CT molecular complexity index is 638. The Balaban J connectivity index is 1.79. The zero-order valence-corrected chi connectivity index (χ0v) is 12.7. The number of amides is 1. The molecular weight excluding hydrogens is 307 g/mol. The predicted molar refractivity (Wildman–Crippen MR) is 79.6 cm³/mol. The van der Waals surface area contributed by atoms with Gasteiger partial charge in [-0.25, -0.2) is 0 Å². The molecule has 0 fully saturated rings. The summed E-state index contributed by atoms with van der Waals surface area (Å²) in [5, 5.41) is 6.12. The number of hydrogen-bond acceptors (Lipinski definition) is 2. The lowest BCUT2D eigenvalue weighted by Gasteiger charge is -2.14. The van der Waals surface area contributed by atoms with Crippen molar-refractivity contribution < 1.29 is 18.0 Å². The highest BCUT2D eigenvalue weighted by atomic mass is 19.4. The molecule has 1 heterocycles. The topological polar surface area (TPSA) is 46.9 Å². The lowest BCUT2D eigenvalue weighted by Crippen LogP contribution is -2.35. The van der Waals surface area contributed by atoms with Crippen LogP contribution in [0.5, 0.6) is 0 Å². The summed E-state index contributed by atoms with van der Waals surface area (Å²) in [6.45, 7) is 1.64. The number of aryl methyl sites for hydroxylation is 1. The van der Waals surface area contributed by atoms with Crippen LogP contribution in [0.1, 0.15) is 24.6 Å². The summed E-state index contributed by atoms with van der Waals surface area (Å²) in [6.07, 6.45) is -1.77. The van der Waals surface area contributed by atoms with Crippen molar-refractivity contribution in [3.8, 4) is 0 Å². The summed E-state index contributed by atoms with van der Waals surface area (Å²) < 4.78 is 38.3. The second-order valence-electron chi connectivity index (χ2n) is 5.39. The van der Waals surface area contributed by atoms with Gasteiger partial charge in [0, 0.05) is 12.2 Å². The Morgan fingerprint density at radius 1 is 1.26 bits per heavy atom. The molecule has 1 aromatic heterocycles. The van der Waals surface area contributed by atoms with Gasteiger partial charge in [0.25, 0.3) is 0 Å².